The number of carbonyl (C=O) groups is 1. The van der Waals surface area contributed by atoms with Crippen LogP contribution in [0.15, 0.2) is 30.6 Å². The van der Waals surface area contributed by atoms with Crippen LogP contribution in [0.2, 0.25) is 0 Å². The number of anilines is 1. The number of carboxylic acid groups (broad SMARTS) is 1. The van der Waals surface area contributed by atoms with Gasteiger partial charge in [0.2, 0.25) is 10.0 Å². The van der Waals surface area contributed by atoms with Crippen LogP contribution < -0.4 is 4.31 Å². The van der Waals surface area contributed by atoms with Crippen molar-refractivity contribution in [2.75, 3.05) is 10.8 Å². The van der Waals surface area contributed by atoms with Crippen LogP contribution in [-0.4, -0.2) is 36.0 Å². The Morgan fingerprint density at radius 1 is 1.03 bits per heavy atom. The molecule has 0 fully saturated rings. The van der Waals surface area contributed by atoms with Crippen LogP contribution in [-0.2, 0) is 28.1 Å². The number of rotatable bonds is 6. The molecule has 7 nitrogen and oxygen atoms in total. The number of aromatic carboxylic acids is 1. The third kappa shape index (κ3) is 4.80. The Kier molecular flexibility index (Phi) is 6.30. The minimum Gasteiger partial charge on any atom is -0.476 e. The molecule has 0 aliphatic rings. The van der Waals surface area contributed by atoms with E-state index in [1.807, 2.05) is 0 Å². The molecule has 0 aliphatic heterocycles. The van der Waals surface area contributed by atoms with Crippen molar-refractivity contribution in [2.24, 2.45) is 0 Å². The third-order valence-electron chi connectivity index (χ3n) is 3.85. The van der Waals surface area contributed by atoms with Crippen molar-refractivity contribution in [1.29, 1.82) is 0 Å². The Bertz CT molecular complexity index is 1020. The Hall–Kier alpha value is -2.90. The second-order valence-corrected chi connectivity index (χ2v) is 7.68. The highest BCUT2D eigenvalue weighted by Crippen LogP contribution is 2.40. The molecule has 1 aromatic heterocycles. The molecule has 1 heterocycles. The summed E-state index contributed by atoms with van der Waals surface area (Å²) in [5.74, 6) is -4.11. The summed E-state index contributed by atoms with van der Waals surface area (Å²) in [6.45, 7) is 0.690. The van der Waals surface area contributed by atoms with Gasteiger partial charge in [-0.3, -0.25) is 4.31 Å². The summed E-state index contributed by atoms with van der Waals surface area (Å²) in [7, 11) is -4.93. The lowest BCUT2D eigenvalue weighted by molar-refractivity contribution is -0.144. The predicted octanol–water partition coefficient (Wildman–Crippen LogP) is 3.57. The highest BCUT2D eigenvalue weighted by Gasteiger charge is 2.42. The van der Waals surface area contributed by atoms with Gasteiger partial charge in [0.05, 0.1) is 16.9 Å². The molecular formula is C16H13F6N3O4S. The van der Waals surface area contributed by atoms with Gasteiger partial charge in [-0.25, -0.2) is 23.2 Å². The maximum atomic E-state index is 13.3. The molecule has 0 saturated heterocycles. The van der Waals surface area contributed by atoms with Gasteiger partial charge in [-0.1, -0.05) is 6.07 Å². The van der Waals surface area contributed by atoms with Gasteiger partial charge in [-0.2, -0.15) is 26.3 Å². The van der Waals surface area contributed by atoms with Crippen molar-refractivity contribution >= 4 is 21.8 Å². The first-order valence-corrected chi connectivity index (χ1v) is 9.62. The van der Waals surface area contributed by atoms with E-state index in [4.69, 9.17) is 5.11 Å². The number of sulfonamides is 1. The highest BCUT2D eigenvalue weighted by atomic mass is 32.2. The monoisotopic (exact) mass is 457 g/mol. The predicted molar refractivity (Wildman–Crippen MR) is 91.1 cm³/mol. The smallest absolute Gasteiger partial charge is 0.416 e. The maximum absolute atomic E-state index is 13.3. The fraction of sp³-hybridized carbons (Fsp3) is 0.312. The molecule has 2 aromatic rings. The van der Waals surface area contributed by atoms with Crippen LogP contribution in [0.5, 0.6) is 0 Å². The van der Waals surface area contributed by atoms with E-state index in [0.717, 1.165) is 12.4 Å². The van der Waals surface area contributed by atoms with Crippen molar-refractivity contribution in [1.82, 2.24) is 9.97 Å². The maximum Gasteiger partial charge on any atom is 0.416 e. The molecule has 0 spiro atoms. The van der Waals surface area contributed by atoms with Gasteiger partial charge < -0.3 is 5.11 Å². The molecule has 1 aromatic carbocycles. The number of benzene rings is 1. The van der Waals surface area contributed by atoms with Gasteiger partial charge in [-0.15, -0.1) is 0 Å². The van der Waals surface area contributed by atoms with E-state index in [2.05, 4.69) is 9.97 Å². The van der Waals surface area contributed by atoms with Crippen molar-refractivity contribution in [3.05, 3.63) is 53.0 Å². The Morgan fingerprint density at radius 3 is 1.97 bits per heavy atom. The molecule has 30 heavy (non-hydrogen) atoms. The number of carboxylic acids is 1. The van der Waals surface area contributed by atoms with E-state index in [0.29, 0.717) is 22.5 Å². The van der Waals surface area contributed by atoms with Crippen molar-refractivity contribution in [2.45, 2.75) is 25.0 Å². The van der Waals surface area contributed by atoms with E-state index in [9.17, 15) is 39.6 Å². The summed E-state index contributed by atoms with van der Waals surface area (Å²) >= 11 is 0. The zero-order chi connectivity index (χ0) is 22.9. The number of halogens is 6. The Balaban J connectivity index is 2.68. The molecule has 0 bridgehead atoms. The molecule has 164 valence electrons. The Labute approximate surface area is 166 Å². The minimum atomic E-state index is -5.26. The van der Waals surface area contributed by atoms with Crippen molar-refractivity contribution in [3.63, 3.8) is 0 Å². The summed E-state index contributed by atoms with van der Waals surface area (Å²) in [6.07, 6.45) is -8.65. The lowest BCUT2D eigenvalue weighted by Gasteiger charge is -2.25. The quantitative estimate of drug-likeness (QED) is 0.666. The lowest BCUT2D eigenvalue weighted by Crippen LogP contribution is -2.35. The van der Waals surface area contributed by atoms with E-state index in [1.165, 1.54) is 6.92 Å². The summed E-state index contributed by atoms with van der Waals surface area (Å²) in [5.41, 5.74) is -5.87. The number of alkyl halides is 6. The Morgan fingerprint density at radius 2 is 1.53 bits per heavy atom. The third-order valence-corrected chi connectivity index (χ3v) is 5.61. The van der Waals surface area contributed by atoms with Crippen LogP contribution in [0.3, 0.4) is 0 Å². The topological polar surface area (TPSA) is 100 Å². The van der Waals surface area contributed by atoms with Crippen LogP contribution in [0.25, 0.3) is 0 Å². The second-order valence-electron chi connectivity index (χ2n) is 5.78. The van der Waals surface area contributed by atoms with Gasteiger partial charge in [0.25, 0.3) is 0 Å². The molecule has 0 saturated carbocycles. The molecule has 0 atom stereocenters. The largest absolute Gasteiger partial charge is 0.476 e. The fourth-order valence-corrected chi connectivity index (χ4v) is 4.30. The first-order valence-electron chi connectivity index (χ1n) is 8.01. The van der Waals surface area contributed by atoms with Crippen molar-refractivity contribution in [3.8, 4) is 0 Å². The van der Waals surface area contributed by atoms with Crippen LogP contribution in [0, 0.1) is 0 Å². The average molecular weight is 457 g/mol. The highest BCUT2D eigenvalue weighted by molar-refractivity contribution is 7.92. The van der Waals surface area contributed by atoms with Crippen LogP contribution >= 0.6 is 0 Å². The molecule has 14 heteroatoms. The number of aromatic nitrogens is 2. The summed E-state index contributed by atoms with van der Waals surface area (Å²) in [4.78, 5) is 18.3. The SMILES string of the molecule is CCN(c1nccnc1C(=O)O)S(=O)(=O)Cc1c(C(F)(F)F)cccc1C(F)(F)F. The van der Waals surface area contributed by atoms with Gasteiger partial charge in [0.15, 0.2) is 11.5 Å². The first-order chi connectivity index (χ1) is 13.7. The molecular weight excluding hydrogens is 444 g/mol. The van der Waals surface area contributed by atoms with Gasteiger partial charge >= 0.3 is 18.3 Å². The molecule has 2 rings (SSSR count). The van der Waals surface area contributed by atoms with E-state index in [1.54, 1.807) is 0 Å². The summed E-state index contributed by atoms with van der Waals surface area (Å²) in [6, 6.07) is 1.19. The minimum absolute atomic E-state index is 0.302. The van der Waals surface area contributed by atoms with Gasteiger partial charge in [-0.05, 0) is 24.6 Å². The van der Waals surface area contributed by atoms with Crippen LogP contribution in [0.1, 0.15) is 34.1 Å². The van der Waals surface area contributed by atoms with E-state index in [-0.39, 0.29) is 0 Å². The normalized spacial score (nSPS) is 12.6. The average Bonchev–Trinajstić information content (AvgIpc) is 2.60. The first kappa shape index (κ1) is 23.4. The standard InChI is InChI=1S/C16H13F6N3O4S/c1-2-25(13-12(14(26)27)23-6-7-24-13)30(28,29)8-9-10(15(17,18)19)4-3-5-11(9)16(20,21)22/h3-7H,2,8H2,1H3,(H,26,27). The molecule has 1 N–H and O–H groups in total. The van der Waals surface area contributed by atoms with E-state index < -0.39 is 68.8 Å². The molecule has 0 unspecified atom stereocenters. The second kappa shape index (κ2) is 8.08. The zero-order valence-corrected chi connectivity index (χ0v) is 15.8. The van der Waals surface area contributed by atoms with Gasteiger partial charge in [0.1, 0.15) is 0 Å². The summed E-state index contributed by atoms with van der Waals surface area (Å²) < 4.78 is 106. The van der Waals surface area contributed by atoms with Crippen LogP contribution in [0.4, 0.5) is 32.2 Å². The zero-order valence-electron chi connectivity index (χ0n) is 15.0. The molecule has 0 radical (unpaired) electrons. The fourth-order valence-electron chi connectivity index (χ4n) is 2.68. The number of nitrogens with zero attached hydrogens (tertiary/aromatic N) is 3. The summed E-state index contributed by atoms with van der Waals surface area (Å²) in [5, 5.41) is 9.15. The number of hydrogen-bond acceptors (Lipinski definition) is 5. The lowest BCUT2D eigenvalue weighted by atomic mass is 10.0. The van der Waals surface area contributed by atoms with Crippen molar-refractivity contribution < 1.29 is 44.7 Å². The number of hydrogen-bond donors (Lipinski definition) is 1. The van der Waals surface area contributed by atoms with Gasteiger partial charge in [0, 0.05) is 18.9 Å². The molecule has 0 aliphatic carbocycles. The molecule has 0 amide bonds. The van der Waals surface area contributed by atoms with E-state index >= 15 is 0 Å².